The van der Waals surface area contributed by atoms with Gasteiger partial charge in [-0.15, -0.1) is 0 Å². The molecule has 0 aliphatic heterocycles. The van der Waals surface area contributed by atoms with Crippen LogP contribution in [0.15, 0.2) is 46.6 Å². The lowest BCUT2D eigenvalue weighted by Crippen LogP contribution is -2.19. The largest absolute Gasteiger partial charge is 0.309 e. The first-order valence-electron chi connectivity index (χ1n) is 13.4. The minimum Gasteiger partial charge on any atom is -0.309 e. The number of carbonyl (C=O) groups excluding carboxylic acids is 2. The molecule has 8 nitrogen and oxygen atoms in total. The number of aryl methyl sites for hydroxylation is 3. The summed E-state index contributed by atoms with van der Waals surface area (Å²) >= 11 is 5.99. The molecule has 0 spiro atoms. The van der Waals surface area contributed by atoms with E-state index >= 15 is 0 Å². The molecule has 0 bridgehead atoms. The topological polar surface area (TPSA) is 121 Å². The van der Waals surface area contributed by atoms with Crippen molar-refractivity contribution in [2.45, 2.75) is 77.6 Å². The van der Waals surface area contributed by atoms with Crippen LogP contribution in [0.3, 0.4) is 0 Å². The molecule has 4 rings (SSSR count). The van der Waals surface area contributed by atoms with E-state index in [1.807, 2.05) is 19.1 Å². The molecule has 0 atom stereocenters. The number of allylic oxidation sites excluding steroid dienone is 4. The summed E-state index contributed by atoms with van der Waals surface area (Å²) in [7, 11) is 0. The van der Waals surface area contributed by atoms with Crippen LogP contribution in [0.2, 0.25) is 0 Å². The van der Waals surface area contributed by atoms with E-state index in [9.17, 15) is 9.59 Å². The van der Waals surface area contributed by atoms with Crippen molar-refractivity contribution in [2.75, 3.05) is 5.32 Å². The Kier molecular flexibility index (Phi) is 9.68. The molecule has 2 aromatic rings. The number of nitrogens with zero attached hydrogens (tertiary/aromatic N) is 5. The smallest absolute Gasteiger partial charge is 0.249 e. The second-order valence-corrected chi connectivity index (χ2v) is 10.3. The van der Waals surface area contributed by atoms with E-state index in [1.54, 1.807) is 24.3 Å². The summed E-state index contributed by atoms with van der Waals surface area (Å²) in [6.45, 7) is 1.86. The Hall–Kier alpha value is -3.48. The summed E-state index contributed by atoms with van der Waals surface area (Å²) in [6, 6.07) is 5.30. The van der Waals surface area contributed by atoms with Crippen LogP contribution in [0.25, 0.3) is 21.7 Å². The molecule has 2 aliphatic carbocycles. The average Bonchev–Trinajstić information content (AvgIpc) is 2.94. The zero-order valence-electron chi connectivity index (χ0n) is 21.8. The van der Waals surface area contributed by atoms with Crippen molar-refractivity contribution in [1.29, 1.82) is 0 Å². The molecule has 1 aromatic carbocycles. The Morgan fingerprint density at radius 2 is 2.03 bits per heavy atom. The number of benzene rings is 1. The molecule has 2 aliphatic rings. The summed E-state index contributed by atoms with van der Waals surface area (Å²) in [5.74, 6) is 0.532. The predicted octanol–water partition coefficient (Wildman–Crippen LogP) is 7.62. The molecule has 9 heteroatoms. The number of halogens is 1. The van der Waals surface area contributed by atoms with Crippen molar-refractivity contribution >= 4 is 29.2 Å². The minimum absolute atomic E-state index is 0.100. The van der Waals surface area contributed by atoms with Crippen LogP contribution in [0.1, 0.15) is 85.6 Å². The van der Waals surface area contributed by atoms with Gasteiger partial charge in [0.2, 0.25) is 11.8 Å². The van der Waals surface area contributed by atoms with Crippen molar-refractivity contribution in [3.63, 3.8) is 0 Å². The number of carbonyl (C=O) groups is 2. The third-order valence-corrected chi connectivity index (χ3v) is 7.62. The van der Waals surface area contributed by atoms with Crippen molar-refractivity contribution in [2.24, 2.45) is 11.0 Å². The van der Waals surface area contributed by atoms with E-state index in [4.69, 9.17) is 27.1 Å². The molecule has 1 N–H and O–H groups in total. The third-order valence-electron chi connectivity index (χ3n) is 7.28. The van der Waals surface area contributed by atoms with Crippen LogP contribution < -0.4 is 5.32 Å². The SMILES string of the molecule is C/C=C(Cl)\C=C/CCC(=O)Nc1nc2c(nc1CCC1CCCCC1)-c1ccc(C(=O)N=[N+]=[N-])cc1CC2. The van der Waals surface area contributed by atoms with Gasteiger partial charge in [0.1, 0.15) is 0 Å². The number of amides is 2. The fourth-order valence-corrected chi connectivity index (χ4v) is 5.29. The maximum Gasteiger partial charge on any atom is 0.249 e. The molecular weight excluding hydrogens is 500 g/mol. The number of hydrogen-bond acceptors (Lipinski definition) is 4. The van der Waals surface area contributed by atoms with Crippen LogP contribution in [0, 0.1) is 5.92 Å². The maximum atomic E-state index is 12.8. The Morgan fingerprint density at radius 1 is 1.21 bits per heavy atom. The highest BCUT2D eigenvalue weighted by molar-refractivity contribution is 6.31. The van der Waals surface area contributed by atoms with Gasteiger partial charge in [-0.25, -0.2) is 9.97 Å². The Labute approximate surface area is 228 Å². The van der Waals surface area contributed by atoms with Gasteiger partial charge in [-0.2, -0.15) is 0 Å². The first-order valence-corrected chi connectivity index (χ1v) is 13.8. The van der Waals surface area contributed by atoms with Crippen molar-refractivity contribution in [1.82, 2.24) is 9.97 Å². The summed E-state index contributed by atoms with van der Waals surface area (Å²) in [5.41, 5.74) is 13.3. The first kappa shape index (κ1) is 27.6. The van der Waals surface area contributed by atoms with Crippen LogP contribution >= 0.6 is 11.6 Å². The summed E-state index contributed by atoms with van der Waals surface area (Å²) in [4.78, 5) is 37.4. The highest BCUT2D eigenvalue weighted by atomic mass is 35.5. The van der Waals surface area contributed by atoms with E-state index in [2.05, 4.69) is 15.3 Å². The van der Waals surface area contributed by atoms with Gasteiger partial charge >= 0.3 is 0 Å². The molecule has 1 fully saturated rings. The van der Waals surface area contributed by atoms with Crippen molar-refractivity contribution in [3.8, 4) is 11.3 Å². The molecule has 0 radical (unpaired) electrons. The van der Waals surface area contributed by atoms with Gasteiger partial charge < -0.3 is 5.32 Å². The lowest BCUT2D eigenvalue weighted by molar-refractivity contribution is -0.116. The molecule has 1 saturated carbocycles. The Balaban J connectivity index is 1.58. The Morgan fingerprint density at radius 3 is 2.79 bits per heavy atom. The molecule has 1 aromatic heterocycles. The van der Waals surface area contributed by atoms with Gasteiger partial charge in [0.05, 0.1) is 17.1 Å². The Bertz CT molecular complexity index is 1310. The fraction of sp³-hybridized carbons (Fsp3) is 0.448. The number of nitrogens with one attached hydrogen (secondary N) is 1. The lowest BCUT2D eigenvalue weighted by Gasteiger charge is -2.23. The van der Waals surface area contributed by atoms with Gasteiger partial charge in [0.25, 0.3) is 0 Å². The lowest BCUT2D eigenvalue weighted by atomic mass is 9.85. The second-order valence-electron chi connectivity index (χ2n) is 9.89. The standard InChI is InChI=1S/C29H33ClN6O2/c1-2-22(30)10-6-7-11-26(37)34-28-25(16-12-19-8-4-3-5-9-19)32-27-23-15-13-21(29(38)35-36-31)18-20(23)14-17-24(27)33-28/h2,6,10,13,15,18-19H,3-5,7-9,11-12,14,16-17H2,1H3,(H,33,34,37)/b10-6-,22-2+. The molecule has 1 heterocycles. The van der Waals surface area contributed by atoms with Crippen LogP contribution in [0.4, 0.5) is 5.82 Å². The fourth-order valence-electron chi connectivity index (χ4n) is 5.20. The number of anilines is 1. The zero-order valence-corrected chi connectivity index (χ0v) is 22.5. The van der Waals surface area contributed by atoms with E-state index in [0.29, 0.717) is 48.0 Å². The number of azide groups is 1. The van der Waals surface area contributed by atoms with Crippen LogP contribution in [-0.2, 0) is 24.1 Å². The normalized spacial score (nSPS) is 15.5. The van der Waals surface area contributed by atoms with Crippen molar-refractivity contribution < 1.29 is 9.59 Å². The molecular formula is C29H33ClN6O2. The van der Waals surface area contributed by atoms with Gasteiger partial charge in [-0.3, -0.25) is 9.59 Å². The van der Waals surface area contributed by atoms with Gasteiger partial charge in [-0.1, -0.05) is 68.0 Å². The molecule has 38 heavy (non-hydrogen) atoms. The number of rotatable bonds is 9. The monoisotopic (exact) mass is 532 g/mol. The molecule has 0 saturated heterocycles. The third kappa shape index (κ3) is 7.09. The molecule has 2 amide bonds. The van der Waals surface area contributed by atoms with E-state index < -0.39 is 5.91 Å². The summed E-state index contributed by atoms with van der Waals surface area (Å²) < 4.78 is 0. The quantitative estimate of drug-likeness (QED) is 0.154. The second kappa shape index (κ2) is 13.4. The number of fused-ring (bicyclic) bond motifs is 3. The van der Waals surface area contributed by atoms with E-state index in [0.717, 1.165) is 41.1 Å². The average molecular weight is 533 g/mol. The first-order chi connectivity index (χ1) is 18.5. The predicted molar refractivity (Wildman–Crippen MR) is 150 cm³/mol. The minimum atomic E-state index is -0.596. The molecule has 0 unspecified atom stereocenters. The van der Waals surface area contributed by atoms with E-state index in [1.165, 1.54) is 32.1 Å². The maximum absolute atomic E-state index is 12.8. The van der Waals surface area contributed by atoms with Gasteiger partial charge in [-0.05, 0) is 73.3 Å². The van der Waals surface area contributed by atoms with Gasteiger partial charge in [0, 0.05) is 27.5 Å². The summed E-state index contributed by atoms with van der Waals surface area (Å²) in [6.07, 6.45) is 15.8. The number of hydrogen-bond donors (Lipinski definition) is 1. The highest BCUT2D eigenvalue weighted by Gasteiger charge is 2.24. The summed E-state index contributed by atoms with van der Waals surface area (Å²) in [5, 5.41) is 6.88. The number of aromatic nitrogens is 2. The molecule has 198 valence electrons. The highest BCUT2D eigenvalue weighted by Crippen LogP contribution is 2.35. The zero-order chi connectivity index (χ0) is 26.9. The van der Waals surface area contributed by atoms with Crippen LogP contribution in [-0.4, -0.2) is 21.8 Å². The van der Waals surface area contributed by atoms with E-state index in [-0.39, 0.29) is 5.91 Å². The van der Waals surface area contributed by atoms with Crippen molar-refractivity contribution in [3.05, 3.63) is 74.4 Å². The van der Waals surface area contributed by atoms with Gasteiger partial charge in [0.15, 0.2) is 5.82 Å². The van der Waals surface area contributed by atoms with Crippen LogP contribution in [0.5, 0.6) is 0 Å².